The molecule has 2 rings (SSSR count). The van der Waals surface area contributed by atoms with E-state index in [-0.39, 0.29) is 35.0 Å². The van der Waals surface area contributed by atoms with E-state index in [9.17, 15) is 19.2 Å². The Morgan fingerprint density at radius 3 is 2.16 bits per heavy atom. The molecule has 0 aromatic heterocycles. The standard InChI is InChI=1S/C23H29N3O5/c1-5-19(22(29)26-20(6-2)23(30)31-4)25-21(28)17-8-7-16(13-17)15-9-11-18(12-10-15)24-14(3)27/h5-6,9-12,16-17H,7-8,13H2,1-4H3,(H,24,27)(H,25,28)(H,26,29)/b19-5?,20-6+. The first-order valence-corrected chi connectivity index (χ1v) is 10.2. The number of nitrogens with one attached hydrogen (secondary N) is 3. The number of esters is 1. The Balaban J connectivity index is 1.95. The van der Waals surface area contributed by atoms with Gasteiger partial charge in [0.05, 0.1) is 7.11 Å². The van der Waals surface area contributed by atoms with Gasteiger partial charge in [0.1, 0.15) is 11.4 Å². The number of hydrogen-bond donors (Lipinski definition) is 3. The smallest absolute Gasteiger partial charge is 0.354 e. The molecular formula is C23H29N3O5. The van der Waals surface area contributed by atoms with Crippen LogP contribution in [0.3, 0.4) is 0 Å². The topological polar surface area (TPSA) is 114 Å². The molecule has 0 saturated heterocycles. The van der Waals surface area contributed by atoms with Crippen molar-refractivity contribution in [3.05, 3.63) is 53.4 Å². The molecule has 1 saturated carbocycles. The van der Waals surface area contributed by atoms with Crippen molar-refractivity contribution in [1.29, 1.82) is 0 Å². The Bertz CT molecular complexity index is 902. The lowest BCUT2D eigenvalue weighted by molar-refractivity contribution is -0.137. The average Bonchev–Trinajstić information content (AvgIpc) is 3.25. The van der Waals surface area contributed by atoms with Crippen molar-refractivity contribution < 1.29 is 23.9 Å². The fourth-order valence-electron chi connectivity index (χ4n) is 3.60. The Kier molecular flexibility index (Phi) is 8.54. The van der Waals surface area contributed by atoms with E-state index in [1.54, 1.807) is 13.8 Å². The van der Waals surface area contributed by atoms with E-state index in [1.165, 1.54) is 26.2 Å². The molecule has 1 aliphatic carbocycles. The first-order chi connectivity index (χ1) is 14.8. The van der Waals surface area contributed by atoms with Crippen LogP contribution in [0.1, 0.15) is 51.5 Å². The molecule has 1 aromatic carbocycles. The molecule has 1 aromatic rings. The van der Waals surface area contributed by atoms with Crippen LogP contribution in [0.5, 0.6) is 0 Å². The van der Waals surface area contributed by atoms with Crippen molar-refractivity contribution >= 4 is 29.4 Å². The summed E-state index contributed by atoms with van der Waals surface area (Å²) >= 11 is 0. The zero-order valence-corrected chi connectivity index (χ0v) is 18.3. The van der Waals surface area contributed by atoms with Gasteiger partial charge in [0.2, 0.25) is 11.8 Å². The van der Waals surface area contributed by atoms with Crippen LogP contribution in [0.2, 0.25) is 0 Å². The van der Waals surface area contributed by atoms with Gasteiger partial charge in [-0.05, 0) is 56.7 Å². The SMILES string of the molecule is CC=C(NC(=O)C1CCC(c2ccc(NC(C)=O)cc2)C1)C(=O)N/C(=C/C)C(=O)OC. The second-order valence-corrected chi connectivity index (χ2v) is 7.35. The molecule has 0 spiro atoms. The molecule has 2 unspecified atom stereocenters. The molecule has 166 valence electrons. The molecule has 1 aliphatic rings. The van der Waals surface area contributed by atoms with Crippen molar-refractivity contribution in [3.63, 3.8) is 0 Å². The predicted molar refractivity (Wildman–Crippen MR) is 117 cm³/mol. The minimum atomic E-state index is -0.666. The molecule has 8 nitrogen and oxygen atoms in total. The molecule has 0 heterocycles. The van der Waals surface area contributed by atoms with Gasteiger partial charge in [0.25, 0.3) is 5.91 Å². The van der Waals surface area contributed by atoms with E-state index in [4.69, 9.17) is 0 Å². The monoisotopic (exact) mass is 427 g/mol. The number of anilines is 1. The molecule has 8 heteroatoms. The maximum atomic E-state index is 12.7. The van der Waals surface area contributed by atoms with Gasteiger partial charge in [-0.2, -0.15) is 0 Å². The van der Waals surface area contributed by atoms with Crippen LogP contribution in [-0.4, -0.2) is 30.8 Å². The summed E-state index contributed by atoms with van der Waals surface area (Å²) < 4.78 is 4.61. The van der Waals surface area contributed by atoms with Crippen molar-refractivity contribution in [2.75, 3.05) is 12.4 Å². The zero-order chi connectivity index (χ0) is 23.0. The van der Waals surface area contributed by atoms with E-state index in [0.717, 1.165) is 17.7 Å². The van der Waals surface area contributed by atoms with Crippen LogP contribution in [-0.2, 0) is 23.9 Å². The third kappa shape index (κ3) is 6.53. The molecule has 0 bridgehead atoms. The summed E-state index contributed by atoms with van der Waals surface area (Å²) in [5.41, 5.74) is 1.94. The number of hydrogen-bond acceptors (Lipinski definition) is 5. The summed E-state index contributed by atoms with van der Waals surface area (Å²) in [5, 5.41) is 7.87. The highest BCUT2D eigenvalue weighted by Crippen LogP contribution is 2.38. The van der Waals surface area contributed by atoms with Gasteiger partial charge in [-0.25, -0.2) is 4.79 Å². The molecule has 1 fully saturated rings. The van der Waals surface area contributed by atoms with Crippen molar-refractivity contribution in [1.82, 2.24) is 10.6 Å². The number of carbonyl (C=O) groups excluding carboxylic acids is 4. The summed E-state index contributed by atoms with van der Waals surface area (Å²) in [4.78, 5) is 47.9. The maximum Gasteiger partial charge on any atom is 0.354 e. The Hall–Kier alpha value is -3.42. The lowest BCUT2D eigenvalue weighted by Crippen LogP contribution is -2.38. The number of allylic oxidation sites excluding steroid dienone is 2. The first-order valence-electron chi connectivity index (χ1n) is 10.2. The summed E-state index contributed by atoms with van der Waals surface area (Å²) in [6.45, 7) is 4.70. The van der Waals surface area contributed by atoms with Gasteiger partial charge < -0.3 is 20.7 Å². The van der Waals surface area contributed by atoms with Crippen molar-refractivity contribution in [2.24, 2.45) is 5.92 Å². The molecule has 0 radical (unpaired) electrons. The van der Waals surface area contributed by atoms with Crippen LogP contribution in [0.4, 0.5) is 5.69 Å². The minimum Gasteiger partial charge on any atom is -0.464 e. The van der Waals surface area contributed by atoms with E-state index < -0.39 is 11.9 Å². The number of methoxy groups -OCH3 is 1. The van der Waals surface area contributed by atoms with Gasteiger partial charge in [-0.1, -0.05) is 24.3 Å². The van der Waals surface area contributed by atoms with Gasteiger partial charge in [-0.3, -0.25) is 14.4 Å². The number of carbonyl (C=O) groups is 4. The largest absolute Gasteiger partial charge is 0.464 e. The van der Waals surface area contributed by atoms with Crippen LogP contribution in [0, 0.1) is 5.92 Å². The minimum absolute atomic E-state index is 0.00439. The third-order valence-corrected chi connectivity index (χ3v) is 5.24. The van der Waals surface area contributed by atoms with Crippen LogP contribution >= 0.6 is 0 Å². The second-order valence-electron chi connectivity index (χ2n) is 7.35. The van der Waals surface area contributed by atoms with Crippen LogP contribution in [0.25, 0.3) is 0 Å². The highest BCUT2D eigenvalue weighted by atomic mass is 16.5. The summed E-state index contributed by atoms with van der Waals surface area (Å²) in [6.07, 6.45) is 5.17. The van der Waals surface area contributed by atoms with E-state index in [1.807, 2.05) is 24.3 Å². The number of benzene rings is 1. The molecule has 3 N–H and O–H groups in total. The molecule has 0 aliphatic heterocycles. The lowest BCUT2D eigenvalue weighted by atomic mass is 9.96. The van der Waals surface area contributed by atoms with Gasteiger partial charge in [0, 0.05) is 18.5 Å². The average molecular weight is 428 g/mol. The second kappa shape index (κ2) is 11.1. The molecule has 3 amide bonds. The predicted octanol–water partition coefficient (Wildman–Crippen LogP) is 2.74. The number of rotatable bonds is 7. The van der Waals surface area contributed by atoms with Gasteiger partial charge in [0.15, 0.2) is 0 Å². The quantitative estimate of drug-likeness (QED) is 0.457. The van der Waals surface area contributed by atoms with Crippen molar-refractivity contribution in [3.8, 4) is 0 Å². The third-order valence-electron chi connectivity index (χ3n) is 5.24. The Morgan fingerprint density at radius 2 is 1.61 bits per heavy atom. The van der Waals surface area contributed by atoms with Crippen LogP contribution < -0.4 is 16.0 Å². The maximum absolute atomic E-state index is 12.7. The number of amides is 3. The summed E-state index contributed by atoms with van der Waals surface area (Å²) in [7, 11) is 1.22. The molecular weight excluding hydrogens is 398 g/mol. The van der Waals surface area contributed by atoms with E-state index in [2.05, 4.69) is 20.7 Å². The fraction of sp³-hybridized carbons (Fsp3) is 0.391. The number of ether oxygens (including phenoxy) is 1. The Morgan fingerprint density at radius 1 is 0.968 bits per heavy atom. The normalized spacial score (nSPS) is 18.8. The lowest BCUT2D eigenvalue weighted by Gasteiger charge is -2.15. The van der Waals surface area contributed by atoms with Crippen molar-refractivity contribution in [2.45, 2.75) is 46.0 Å². The van der Waals surface area contributed by atoms with E-state index >= 15 is 0 Å². The highest BCUT2D eigenvalue weighted by molar-refractivity contribution is 6.02. The van der Waals surface area contributed by atoms with E-state index in [0.29, 0.717) is 12.8 Å². The summed E-state index contributed by atoms with van der Waals surface area (Å²) in [6, 6.07) is 7.64. The fourth-order valence-corrected chi connectivity index (χ4v) is 3.60. The van der Waals surface area contributed by atoms with Gasteiger partial charge >= 0.3 is 5.97 Å². The van der Waals surface area contributed by atoms with Gasteiger partial charge in [-0.15, -0.1) is 0 Å². The first kappa shape index (κ1) is 23.9. The molecule has 31 heavy (non-hydrogen) atoms. The van der Waals surface area contributed by atoms with Crippen LogP contribution in [0.15, 0.2) is 47.8 Å². The zero-order valence-electron chi connectivity index (χ0n) is 18.3. The molecule has 2 atom stereocenters. The summed E-state index contributed by atoms with van der Waals surface area (Å²) in [5.74, 6) is -1.58. The Labute approximate surface area is 182 Å². The highest BCUT2D eigenvalue weighted by Gasteiger charge is 2.31.